The van der Waals surface area contributed by atoms with E-state index in [9.17, 15) is 0 Å². The van der Waals surface area contributed by atoms with Crippen molar-refractivity contribution in [1.82, 2.24) is 9.78 Å². The average molecular weight is 277 g/mol. The highest BCUT2D eigenvalue weighted by Gasteiger charge is 2.10. The van der Waals surface area contributed by atoms with E-state index in [2.05, 4.69) is 51.1 Å². The van der Waals surface area contributed by atoms with Crippen LogP contribution in [0.5, 0.6) is 0 Å². The summed E-state index contributed by atoms with van der Waals surface area (Å²) in [7, 11) is 0. The zero-order valence-electron chi connectivity index (χ0n) is 12.1. The summed E-state index contributed by atoms with van der Waals surface area (Å²) in [5.41, 5.74) is 6.42. The first-order valence-corrected chi connectivity index (χ1v) is 7.18. The maximum atomic E-state index is 6.24. The van der Waals surface area contributed by atoms with Crippen LogP contribution in [0.15, 0.2) is 24.5 Å². The summed E-state index contributed by atoms with van der Waals surface area (Å²) in [5, 5.41) is 4.48. The van der Waals surface area contributed by atoms with Gasteiger partial charge in [0.05, 0.1) is 18.1 Å². The van der Waals surface area contributed by atoms with Gasteiger partial charge in [0.25, 0.3) is 0 Å². The van der Waals surface area contributed by atoms with E-state index < -0.39 is 0 Å². The number of alkyl halides is 1. The number of nitrogens with zero attached hydrogens (tertiary/aromatic N) is 2. The third kappa shape index (κ3) is 3.19. The number of aryl methyl sites for hydroxylation is 3. The first-order chi connectivity index (χ1) is 9.01. The molecule has 0 aliphatic rings. The van der Waals surface area contributed by atoms with Crippen LogP contribution in [0.2, 0.25) is 0 Å². The van der Waals surface area contributed by atoms with Crippen LogP contribution in [0.3, 0.4) is 0 Å². The van der Waals surface area contributed by atoms with Gasteiger partial charge in [0.2, 0.25) is 0 Å². The van der Waals surface area contributed by atoms with Crippen LogP contribution in [0.25, 0.3) is 0 Å². The Labute approximate surface area is 120 Å². The van der Waals surface area contributed by atoms with E-state index in [4.69, 9.17) is 11.6 Å². The van der Waals surface area contributed by atoms with Crippen molar-refractivity contribution >= 4 is 11.6 Å². The monoisotopic (exact) mass is 276 g/mol. The lowest BCUT2D eigenvalue weighted by atomic mass is 10.00. The number of aromatic nitrogens is 2. The summed E-state index contributed by atoms with van der Waals surface area (Å²) < 4.78 is 1.98. The molecule has 1 heterocycles. The number of benzene rings is 1. The lowest BCUT2D eigenvalue weighted by molar-refractivity contribution is 0.679. The zero-order chi connectivity index (χ0) is 14.0. The van der Waals surface area contributed by atoms with Gasteiger partial charge in [0, 0.05) is 11.8 Å². The van der Waals surface area contributed by atoms with Crippen molar-refractivity contribution in [2.45, 2.75) is 46.0 Å². The van der Waals surface area contributed by atoms with Crippen LogP contribution >= 0.6 is 11.6 Å². The van der Waals surface area contributed by atoms with Gasteiger partial charge in [-0.25, -0.2) is 0 Å². The van der Waals surface area contributed by atoms with Gasteiger partial charge in [-0.2, -0.15) is 5.10 Å². The molecule has 0 spiro atoms. The van der Waals surface area contributed by atoms with E-state index in [1.165, 1.54) is 22.3 Å². The fourth-order valence-electron chi connectivity index (χ4n) is 2.48. The Morgan fingerprint density at radius 3 is 2.42 bits per heavy atom. The Hall–Kier alpha value is -1.28. The summed E-state index contributed by atoms with van der Waals surface area (Å²) in [4.78, 5) is 0. The summed E-state index contributed by atoms with van der Waals surface area (Å²) in [5.74, 6) is 0. The Morgan fingerprint density at radius 2 is 1.84 bits per heavy atom. The smallest absolute Gasteiger partial charge is 0.0664 e. The third-order valence-corrected chi connectivity index (χ3v) is 4.09. The van der Waals surface area contributed by atoms with Gasteiger partial charge in [-0.05, 0) is 43.9 Å². The lowest BCUT2D eigenvalue weighted by Gasteiger charge is -2.11. The summed E-state index contributed by atoms with van der Waals surface area (Å²) in [6.45, 7) is 9.36. The molecule has 2 aromatic rings. The van der Waals surface area contributed by atoms with E-state index in [1.807, 2.05) is 10.9 Å². The molecule has 0 fully saturated rings. The average Bonchev–Trinajstić information content (AvgIpc) is 2.81. The van der Waals surface area contributed by atoms with E-state index in [0.29, 0.717) is 0 Å². The number of rotatable bonds is 4. The van der Waals surface area contributed by atoms with Crippen LogP contribution in [-0.2, 0) is 6.54 Å². The second-order valence-corrected chi connectivity index (χ2v) is 5.75. The molecule has 0 aliphatic carbocycles. The highest BCUT2D eigenvalue weighted by atomic mass is 35.5. The fourth-order valence-corrected chi connectivity index (χ4v) is 2.60. The highest BCUT2D eigenvalue weighted by Crippen LogP contribution is 2.24. The van der Waals surface area contributed by atoms with Crippen molar-refractivity contribution in [3.63, 3.8) is 0 Å². The second kappa shape index (κ2) is 5.79. The number of halogens is 1. The standard InChI is InChI=1S/C16H21ClN2/c1-5-16(17)14-8-18-19(9-14)10-15-12(3)6-11(2)7-13(15)4/h6-9,16H,5,10H2,1-4H3. The predicted molar refractivity (Wildman–Crippen MR) is 80.9 cm³/mol. The van der Waals surface area contributed by atoms with Crippen LogP contribution < -0.4 is 0 Å². The maximum absolute atomic E-state index is 6.24. The molecule has 1 atom stereocenters. The summed E-state index contributed by atoms with van der Waals surface area (Å²) in [6, 6.07) is 4.45. The molecule has 1 unspecified atom stereocenters. The minimum atomic E-state index is 0.0639. The molecule has 1 aromatic carbocycles. The van der Waals surface area contributed by atoms with Crippen molar-refractivity contribution < 1.29 is 0 Å². The van der Waals surface area contributed by atoms with Crippen LogP contribution in [0, 0.1) is 20.8 Å². The molecular weight excluding hydrogens is 256 g/mol. The Balaban J connectivity index is 2.24. The molecule has 0 N–H and O–H groups in total. The minimum Gasteiger partial charge on any atom is -0.268 e. The molecule has 3 heteroatoms. The SMILES string of the molecule is CCC(Cl)c1cnn(Cc2c(C)cc(C)cc2C)c1. The van der Waals surface area contributed by atoms with Gasteiger partial charge in [0.1, 0.15) is 0 Å². The number of hydrogen-bond donors (Lipinski definition) is 0. The molecule has 0 saturated heterocycles. The van der Waals surface area contributed by atoms with Crippen molar-refractivity contribution in [1.29, 1.82) is 0 Å². The van der Waals surface area contributed by atoms with E-state index in [-0.39, 0.29) is 5.38 Å². The molecule has 1 aromatic heterocycles. The Morgan fingerprint density at radius 1 is 1.21 bits per heavy atom. The summed E-state index contributed by atoms with van der Waals surface area (Å²) >= 11 is 6.24. The number of hydrogen-bond acceptors (Lipinski definition) is 1. The first-order valence-electron chi connectivity index (χ1n) is 6.74. The van der Waals surface area contributed by atoms with Gasteiger partial charge >= 0.3 is 0 Å². The van der Waals surface area contributed by atoms with Gasteiger partial charge in [0.15, 0.2) is 0 Å². The predicted octanol–water partition coefficient (Wildman–Crippen LogP) is 4.55. The summed E-state index contributed by atoms with van der Waals surface area (Å²) in [6.07, 6.45) is 4.86. The van der Waals surface area contributed by atoms with Crippen molar-refractivity contribution in [3.8, 4) is 0 Å². The van der Waals surface area contributed by atoms with Gasteiger partial charge in [-0.1, -0.05) is 24.6 Å². The van der Waals surface area contributed by atoms with E-state index in [0.717, 1.165) is 18.5 Å². The molecule has 0 amide bonds. The lowest BCUT2D eigenvalue weighted by Crippen LogP contribution is -2.04. The molecule has 19 heavy (non-hydrogen) atoms. The van der Waals surface area contributed by atoms with Crippen molar-refractivity contribution in [2.75, 3.05) is 0 Å². The third-order valence-electron chi connectivity index (χ3n) is 3.53. The highest BCUT2D eigenvalue weighted by molar-refractivity contribution is 6.20. The Kier molecular flexibility index (Phi) is 4.31. The zero-order valence-corrected chi connectivity index (χ0v) is 12.8. The topological polar surface area (TPSA) is 17.8 Å². The van der Waals surface area contributed by atoms with Crippen molar-refractivity contribution in [2.24, 2.45) is 0 Å². The van der Waals surface area contributed by atoms with E-state index >= 15 is 0 Å². The second-order valence-electron chi connectivity index (χ2n) is 5.22. The molecule has 102 valence electrons. The quantitative estimate of drug-likeness (QED) is 0.749. The van der Waals surface area contributed by atoms with Crippen LogP contribution in [0.1, 0.15) is 46.5 Å². The maximum Gasteiger partial charge on any atom is 0.0664 e. The first kappa shape index (κ1) is 14.1. The Bertz CT molecular complexity index is 549. The van der Waals surface area contributed by atoms with Crippen LogP contribution in [0.4, 0.5) is 0 Å². The molecule has 0 aliphatic heterocycles. The molecule has 2 rings (SSSR count). The van der Waals surface area contributed by atoms with Crippen LogP contribution in [-0.4, -0.2) is 9.78 Å². The normalized spacial score (nSPS) is 12.7. The molecule has 0 bridgehead atoms. The largest absolute Gasteiger partial charge is 0.268 e. The molecule has 0 saturated carbocycles. The van der Waals surface area contributed by atoms with Gasteiger partial charge in [-0.3, -0.25) is 4.68 Å². The molecule has 2 nitrogen and oxygen atoms in total. The van der Waals surface area contributed by atoms with Gasteiger partial charge < -0.3 is 0 Å². The minimum absolute atomic E-state index is 0.0639. The molecular formula is C16H21ClN2. The fraction of sp³-hybridized carbons (Fsp3) is 0.438. The van der Waals surface area contributed by atoms with Crippen molar-refractivity contribution in [3.05, 3.63) is 52.3 Å². The molecule has 0 radical (unpaired) electrons. The van der Waals surface area contributed by atoms with Gasteiger partial charge in [-0.15, -0.1) is 11.6 Å². The van der Waals surface area contributed by atoms with E-state index in [1.54, 1.807) is 0 Å².